The Balaban J connectivity index is 2.34. The zero-order chi connectivity index (χ0) is 12.0. The third-order valence-corrected chi connectivity index (χ3v) is 4.18. The molecule has 0 aromatic carbocycles. The Morgan fingerprint density at radius 3 is 2.69 bits per heavy atom. The second-order valence-corrected chi connectivity index (χ2v) is 5.64. The van der Waals surface area contributed by atoms with E-state index in [0.29, 0.717) is 6.04 Å². The Labute approximate surface area is 96.8 Å². The van der Waals surface area contributed by atoms with Gasteiger partial charge in [-0.3, -0.25) is 4.68 Å². The fraction of sp³-hybridized carbons (Fsp3) is 0.750. The molecule has 0 amide bonds. The van der Waals surface area contributed by atoms with E-state index in [1.165, 1.54) is 0 Å². The molecule has 1 aliphatic heterocycles. The molecule has 1 aromatic heterocycles. The fourth-order valence-electron chi connectivity index (χ4n) is 2.36. The van der Waals surface area contributed by atoms with Gasteiger partial charge in [0, 0.05) is 18.2 Å². The van der Waals surface area contributed by atoms with Gasteiger partial charge in [0.1, 0.15) is 0 Å². The van der Waals surface area contributed by atoms with Crippen molar-refractivity contribution in [2.75, 3.05) is 12.3 Å². The van der Waals surface area contributed by atoms with Gasteiger partial charge in [-0.15, -0.1) is 0 Å². The Hall–Kier alpha value is -1.03. The predicted octanol–water partition coefficient (Wildman–Crippen LogP) is 2.23. The molecule has 4 nitrogen and oxygen atoms in total. The second-order valence-electron chi connectivity index (χ2n) is 5.64. The molecular weight excluding hydrogens is 202 g/mol. The van der Waals surface area contributed by atoms with Crippen molar-refractivity contribution in [2.45, 2.75) is 45.8 Å². The summed E-state index contributed by atoms with van der Waals surface area (Å²) in [5.74, 6) is 0. The average molecular weight is 223 g/mol. The first kappa shape index (κ1) is 11.5. The second kappa shape index (κ2) is 3.48. The van der Waals surface area contributed by atoms with Gasteiger partial charge in [0.05, 0.1) is 23.5 Å². The maximum atomic E-state index is 5.87. The topological polar surface area (TPSA) is 53.1 Å². The highest BCUT2D eigenvalue weighted by Gasteiger charge is 2.48. The Bertz CT molecular complexity index is 381. The van der Waals surface area contributed by atoms with Gasteiger partial charge in [-0.1, -0.05) is 13.8 Å². The molecule has 16 heavy (non-hydrogen) atoms. The molecule has 4 heteroatoms. The minimum absolute atomic E-state index is 0.0315. The van der Waals surface area contributed by atoms with E-state index in [0.717, 1.165) is 18.7 Å². The number of ether oxygens (including phenoxy) is 1. The maximum Gasteiger partial charge on any atom is 0.0719 e. The first-order valence-electron chi connectivity index (χ1n) is 5.78. The molecule has 2 heterocycles. The standard InChI is InChI=1S/C12H21N3O/c1-11(2)10(5-6-16-12(11,3)4)15-8-9(13)7-14-15/h7-8,10H,5-6,13H2,1-4H3. The smallest absolute Gasteiger partial charge is 0.0719 e. The highest BCUT2D eigenvalue weighted by molar-refractivity contribution is 5.30. The summed E-state index contributed by atoms with van der Waals surface area (Å²) in [4.78, 5) is 0. The van der Waals surface area contributed by atoms with Crippen molar-refractivity contribution in [3.8, 4) is 0 Å². The van der Waals surface area contributed by atoms with Crippen LogP contribution >= 0.6 is 0 Å². The number of hydrogen-bond acceptors (Lipinski definition) is 3. The van der Waals surface area contributed by atoms with Crippen LogP contribution in [0.25, 0.3) is 0 Å². The number of rotatable bonds is 1. The van der Waals surface area contributed by atoms with E-state index in [4.69, 9.17) is 10.5 Å². The van der Waals surface area contributed by atoms with Crippen LogP contribution < -0.4 is 5.73 Å². The van der Waals surface area contributed by atoms with Crippen LogP contribution in [0.4, 0.5) is 5.69 Å². The maximum absolute atomic E-state index is 5.87. The van der Waals surface area contributed by atoms with Gasteiger partial charge in [0.15, 0.2) is 0 Å². The third kappa shape index (κ3) is 1.61. The van der Waals surface area contributed by atoms with E-state index >= 15 is 0 Å². The molecule has 0 radical (unpaired) electrons. The number of aromatic nitrogens is 2. The largest absolute Gasteiger partial charge is 0.396 e. The third-order valence-electron chi connectivity index (χ3n) is 4.18. The molecule has 0 bridgehead atoms. The van der Waals surface area contributed by atoms with Crippen molar-refractivity contribution in [1.82, 2.24) is 9.78 Å². The minimum Gasteiger partial charge on any atom is -0.396 e. The highest BCUT2D eigenvalue weighted by Crippen LogP contribution is 2.47. The summed E-state index contributed by atoms with van der Waals surface area (Å²) in [5.41, 5.74) is 6.34. The lowest BCUT2D eigenvalue weighted by Crippen LogP contribution is -2.51. The lowest BCUT2D eigenvalue weighted by molar-refractivity contribution is -0.160. The molecule has 1 aromatic rings. The van der Waals surface area contributed by atoms with Gasteiger partial charge in [-0.2, -0.15) is 5.10 Å². The number of nitrogens with two attached hydrogens (primary N) is 1. The summed E-state index contributed by atoms with van der Waals surface area (Å²) in [5, 5.41) is 4.34. The molecule has 2 N–H and O–H groups in total. The molecule has 1 aliphatic rings. The van der Waals surface area contributed by atoms with Crippen molar-refractivity contribution >= 4 is 5.69 Å². The summed E-state index contributed by atoms with van der Waals surface area (Å²) >= 11 is 0. The summed E-state index contributed by atoms with van der Waals surface area (Å²) < 4.78 is 7.85. The zero-order valence-electron chi connectivity index (χ0n) is 10.5. The summed E-state index contributed by atoms with van der Waals surface area (Å²) in [6.07, 6.45) is 4.60. The van der Waals surface area contributed by atoms with E-state index in [9.17, 15) is 0 Å². The number of nitrogens with zero attached hydrogens (tertiary/aromatic N) is 2. The van der Waals surface area contributed by atoms with Crippen molar-refractivity contribution in [3.05, 3.63) is 12.4 Å². The van der Waals surface area contributed by atoms with Crippen molar-refractivity contribution in [2.24, 2.45) is 5.41 Å². The average Bonchev–Trinajstić information content (AvgIpc) is 2.56. The zero-order valence-corrected chi connectivity index (χ0v) is 10.5. The quantitative estimate of drug-likeness (QED) is 0.794. The van der Waals surface area contributed by atoms with E-state index < -0.39 is 0 Å². The van der Waals surface area contributed by atoms with Crippen LogP contribution in [0.5, 0.6) is 0 Å². The molecule has 0 spiro atoms. The van der Waals surface area contributed by atoms with Gasteiger partial charge in [0.25, 0.3) is 0 Å². The molecule has 1 saturated heterocycles. The Morgan fingerprint density at radius 1 is 1.44 bits per heavy atom. The van der Waals surface area contributed by atoms with Crippen LogP contribution in [0.3, 0.4) is 0 Å². The summed E-state index contributed by atoms with van der Waals surface area (Å²) in [6, 6.07) is 0.341. The van der Waals surface area contributed by atoms with Crippen LogP contribution in [0, 0.1) is 5.41 Å². The van der Waals surface area contributed by atoms with Crippen molar-refractivity contribution < 1.29 is 4.74 Å². The number of anilines is 1. The van der Waals surface area contributed by atoms with Crippen LogP contribution in [0.15, 0.2) is 12.4 Å². The molecule has 1 unspecified atom stereocenters. The normalized spacial score (nSPS) is 27.9. The van der Waals surface area contributed by atoms with Gasteiger partial charge in [-0.25, -0.2) is 0 Å². The minimum atomic E-state index is -0.142. The van der Waals surface area contributed by atoms with Crippen molar-refractivity contribution in [3.63, 3.8) is 0 Å². The molecule has 90 valence electrons. The Morgan fingerprint density at radius 2 is 2.12 bits per heavy atom. The van der Waals surface area contributed by atoms with Crippen LogP contribution in [0.2, 0.25) is 0 Å². The van der Waals surface area contributed by atoms with Gasteiger partial charge < -0.3 is 10.5 Å². The van der Waals surface area contributed by atoms with E-state index in [1.54, 1.807) is 6.20 Å². The monoisotopic (exact) mass is 223 g/mol. The molecule has 1 fully saturated rings. The first-order valence-corrected chi connectivity index (χ1v) is 5.78. The highest BCUT2D eigenvalue weighted by atomic mass is 16.5. The lowest BCUT2D eigenvalue weighted by atomic mass is 9.69. The molecule has 0 saturated carbocycles. The molecule has 0 aliphatic carbocycles. The summed E-state index contributed by atoms with van der Waals surface area (Å²) in [6.45, 7) is 9.53. The number of hydrogen-bond donors (Lipinski definition) is 1. The fourth-order valence-corrected chi connectivity index (χ4v) is 2.36. The summed E-state index contributed by atoms with van der Waals surface area (Å²) in [7, 11) is 0. The van der Waals surface area contributed by atoms with Gasteiger partial charge in [-0.05, 0) is 20.3 Å². The van der Waals surface area contributed by atoms with Gasteiger partial charge in [0.2, 0.25) is 0 Å². The number of nitrogen functional groups attached to an aromatic ring is 1. The van der Waals surface area contributed by atoms with E-state index in [2.05, 4.69) is 32.8 Å². The molecule has 2 rings (SSSR count). The molecular formula is C12H21N3O. The van der Waals surface area contributed by atoms with Crippen LogP contribution in [-0.4, -0.2) is 22.0 Å². The van der Waals surface area contributed by atoms with Crippen molar-refractivity contribution in [1.29, 1.82) is 0 Å². The Kier molecular flexibility index (Phi) is 2.49. The van der Waals surface area contributed by atoms with Crippen LogP contribution in [-0.2, 0) is 4.74 Å². The van der Waals surface area contributed by atoms with Crippen LogP contribution in [0.1, 0.15) is 40.2 Å². The lowest BCUT2D eigenvalue weighted by Gasteiger charge is -2.50. The first-order chi connectivity index (χ1) is 7.34. The molecule has 1 atom stereocenters. The van der Waals surface area contributed by atoms with E-state index in [1.807, 2.05) is 10.9 Å². The van der Waals surface area contributed by atoms with E-state index in [-0.39, 0.29) is 11.0 Å². The predicted molar refractivity (Wildman–Crippen MR) is 64.1 cm³/mol. The van der Waals surface area contributed by atoms with Gasteiger partial charge >= 0.3 is 0 Å². The SMILES string of the molecule is CC1(C)OCCC(n2cc(N)cn2)C1(C)C.